The minimum atomic E-state index is -0.452. The lowest BCUT2D eigenvalue weighted by molar-refractivity contribution is -0.116. The van der Waals surface area contributed by atoms with E-state index >= 15 is 0 Å². The van der Waals surface area contributed by atoms with E-state index < -0.39 is 6.09 Å². The lowest BCUT2D eigenvalue weighted by Crippen LogP contribution is -2.48. The Labute approximate surface area is 244 Å². The highest BCUT2D eigenvalue weighted by Gasteiger charge is 2.62. The van der Waals surface area contributed by atoms with Crippen LogP contribution in [-0.2, 0) is 27.3 Å². The van der Waals surface area contributed by atoms with E-state index in [1.165, 1.54) is 0 Å². The average Bonchev–Trinajstić information content (AvgIpc) is 3.73. The molecular weight excluding hydrogens is 542 g/mol. The first-order valence-corrected chi connectivity index (χ1v) is 14.5. The van der Waals surface area contributed by atoms with Crippen molar-refractivity contribution in [1.82, 2.24) is 4.90 Å². The highest BCUT2D eigenvalue weighted by Crippen LogP contribution is 2.48. The van der Waals surface area contributed by atoms with Gasteiger partial charge in [0, 0.05) is 36.9 Å². The van der Waals surface area contributed by atoms with Gasteiger partial charge in [-0.15, -0.1) is 0 Å². The predicted octanol–water partition coefficient (Wildman–Crippen LogP) is 5.62. The van der Waals surface area contributed by atoms with Crippen molar-refractivity contribution < 1.29 is 24.2 Å². The largest absolute Gasteiger partial charge is 0.446 e. The van der Waals surface area contributed by atoms with Crippen LogP contribution in [0.3, 0.4) is 0 Å². The number of likely N-dealkylation sites (N-methyl/N-ethyl adjacent to an activating group) is 1. The number of rotatable bonds is 9. The molecule has 2 bridgehead atoms. The molecule has 214 valence electrons. The SMILES string of the molecule is CN1C2CC(OC(=O)Nc3cc(CCCC(=O)Nc4ccc(CO)cc4Cl)ccc3-c3ccccc3)CC1C1OC12. The van der Waals surface area contributed by atoms with Crippen molar-refractivity contribution in [2.45, 2.75) is 69.1 Å². The molecule has 3 N–H and O–H groups in total. The Hall–Kier alpha value is -3.43. The van der Waals surface area contributed by atoms with Crippen LogP contribution in [0.4, 0.5) is 16.2 Å². The normalized spacial score (nSPS) is 24.4. The molecular formula is C32H34ClN3O5. The van der Waals surface area contributed by atoms with E-state index in [1.54, 1.807) is 18.2 Å². The van der Waals surface area contributed by atoms with Gasteiger partial charge in [-0.25, -0.2) is 4.79 Å². The molecule has 0 saturated carbocycles. The van der Waals surface area contributed by atoms with Crippen molar-refractivity contribution in [2.24, 2.45) is 0 Å². The first kappa shape index (κ1) is 27.7. The summed E-state index contributed by atoms with van der Waals surface area (Å²) < 4.78 is 11.7. The summed E-state index contributed by atoms with van der Waals surface area (Å²) in [5.74, 6) is -0.137. The van der Waals surface area contributed by atoms with E-state index in [-0.39, 0.29) is 30.8 Å². The van der Waals surface area contributed by atoms with Crippen LogP contribution in [0, 0.1) is 0 Å². The van der Waals surface area contributed by atoms with E-state index in [1.807, 2.05) is 48.5 Å². The van der Waals surface area contributed by atoms with E-state index in [9.17, 15) is 14.7 Å². The zero-order valence-electron chi connectivity index (χ0n) is 22.9. The number of carbonyl (C=O) groups is 2. The third-order valence-electron chi connectivity index (χ3n) is 8.41. The molecule has 3 fully saturated rings. The summed E-state index contributed by atoms with van der Waals surface area (Å²) in [5, 5.41) is 15.5. The van der Waals surface area contributed by atoms with Crippen LogP contribution in [-0.4, -0.2) is 59.5 Å². The number of hydrogen-bond acceptors (Lipinski definition) is 6. The number of nitrogens with zero attached hydrogens (tertiary/aromatic N) is 1. The molecule has 0 aromatic heterocycles. The van der Waals surface area contributed by atoms with Crippen molar-refractivity contribution in [3.05, 3.63) is 82.9 Å². The second-order valence-electron chi connectivity index (χ2n) is 11.1. The molecule has 3 heterocycles. The summed E-state index contributed by atoms with van der Waals surface area (Å²) in [6.45, 7) is -0.110. The number of aliphatic hydroxyl groups is 1. The van der Waals surface area contributed by atoms with Crippen molar-refractivity contribution in [3.8, 4) is 11.1 Å². The van der Waals surface area contributed by atoms with Gasteiger partial charge in [0.15, 0.2) is 0 Å². The van der Waals surface area contributed by atoms with Gasteiger partial charge in [-0.2, -0.15) is 0 Å². The Kier molecular flexibility index (Phi) is 7.99. The Morgan fingerprint density at radius 3 is 2.41 bits per heavy atom. The Bertz CT molecular complexity index is 1420. The number of aliphatic hydroxyl groups excluding tert-OH is 1. The van der Waals surface area contributed by atoms with Gasteiger partial charge in [0.25, 0.3) is 0 Å². The van der Waals surface area contributed by atoms with Crippen LogP contribution in [0.25, 0.3) is 11.1 Å². The van der Waals surface area contributed by atoms with Gasteiger partial charge in [0.2, 0.25) is 5.91 Å². The molecule has 4 atom stereocenters. The molecule has 2 amide bonds. The zero-order valence-corrected chi connectivity index (χ0v) is 23.6. The Morgan fingerprint density at radius 1 is 0.976 bits per heavy atom. The second kappa shape index (κ2) is 11.8. The molecule has 3 aromatic rings. The number of hydrogen-bond donors (Lipinski definition) is 3. The van der Waals surface area contributed by atoms with Crippen LogP contribution in [0.15, 0.2) is 66.7 Å². The summed E-state index contributed by atoms with van der Waals surface area (Å²) in [6.07, 6.45) is 3.15. The standard InChI is InChI=1S/C32H34ClN3O5/c1-36-27-16-22(17-28(36)31-30(27)41-31)40-32(39)35-26-15-19(10-12-23(26)21-7-3-2-4-8-21)6-5-9-29(38)34-25-13-11-20(18-37)14-24(25)33/h2-4,7-8,10-15,22,27-28,30-31,37H,5-6,9,16-18H2,1H3,(H,34,38)(H,35,39). The Balaban J connectivity index is 1.08. The number of morpholine rings is 1. The third kappa shape index (κ3) is 6.11. The summed E-state index contributed by atoms with van der Waals surface area (Å²) in [7, 11) is 2.13. The minimum Gasteiger partial charge on any atom is -0.446 e. The van der Waals surface area contributed by atoms with Crippen LogP contribution in [0.5, 0.6) is 0 Å². The summed E-state index contributed by atoms with van der Waals surface area (Å²) in [4.78, 5) is 28.0. The van der Waals surface area contributed by atoms with E-state index in [0.29, 0.717) is 53.3 Å². The number of epoxide rings is 1. The van der Waals surface area contributed by atoms with Gasteiger partial charge in [-0.05, 0) is 54.8 Å². The van der Waals surface area contributed by atoms with E-state index in [2.05, 4.69) is 22.6 Å². The fourth-order valence-corrected chi connectivity index (χ4v) is 6.48. The monoisotopic (exact) mass is 575 g/mol. The number of ether oxygens (including phenoxy) is 2. The summed E-state index contributed by atoms with van der Waals surface area (Å²) in [5.41, 5.74) is 4.79. The lowest BCUT2D eigenvalue weighted by atomic mass is 9.99. The molecule has 0 aliphatic carbocycles. The maximum Gasteiger partial charge on any atom is 0.411 e. The molecule has 9 heteroatoms. The number of anilines is 2. The molecule has 6 rings (SSSR count). The van der Waals surface area contributed by atoms with Crippen LogP contribution >= 0.6 is 11.6 Å². The highest BCUT2D eigenvalue weighted by atomic mass is 35.5. The Morgan fingerprint density at radius 2 is 1.71 bits per heavy atom. The lowest BCUT2D eigenvalue weighted by Gasteiger charge is -2.37. The predicted molar refractivity (Wildman–Crippen MR) is 158 cm³/mol. The number of piperidine rings is 1. The van der Waals surface area contributed by atoms with Gasteiger partial charge < -0.3 is 19.9 Å². The number of benzene rings is 3. The van der Waals surface area contributed by atoms with Gasteiger partial charge in [-0.3, -0.25) is 15.0 Å². The van der Waals surface area contributed by atoms with Crippen molar-refractivity contribution in [2.75, 3.05) is 17.7 Å². The van der Waals surface area contributed by atoms with Crippen molar-refractivity contribution in [3.63, 3.8) is 0 Å². The topological polar surface area (TPSA) is 103 Å². The fraction of sp³-hybridized carbons (Fsp3) is 0.375. The van der Waals surface area contributed by atoms with Gasteiger partial charge in [-0.1, -0.05) is 60.1 Å². The zero-order chi connectivity index (χ0) is 28.5. The van der Waals surface area contributed by atoms with Crippen LogP contribution < -0.4 is 10.6 Å². The fourth-order valence-electron chi connectivity index (χ4n) is 6.23. The number of amides is 2. The van der Waals surface area contributed by atoms with Crippen molar-refractivity contribution >= 4 is 35.0 Å². The molecule has 41 heavy (non-hydrogen) atoms. The number of carbonyl (C=O) groups excluding carboxylic acids is 2. The molecule has 3 aromatic carbocycles. The van der Waals surface area contributed by atoms with Crippen molar-refractivity contribution in [1.29, 1.82) is 0 Å². The molecule has 3 aliphatic heterocycles. The number of aryl methyl sites for hydroxylation is 1. The van der Waals surface area contributed by atoms with E-state index in [0.717, 1.165) is 29.5 Å². The number of nitrogens with one attached hydrogen (secondary N) is 2. The molecule has 0 spiro atoms. The van der Waals surface area contributed by atoms with Crippen LogP contribution in [0.1, 0.15) is 36.8 Å². The second-order valence-corrected chi connectivity index (χ2v) is 11.5. The number of fused-ring (bicyclic) bond motifs is 5. The van der Waals surface area contributed by atoms with Gasteiger partial charge in [0.1, 0.15) is 18.3 Å². The highest BCUT2D eigenvalue weighted by molar-refractivity contribution is 6.33. The smallest absolute Gasteiger partial charge is 0.411 e. The summed E-state index contributed by atoms with van der Waals surface area (Å²) >= 11 is 6.22. The quantitative estimate of drug-likeness (QED) is 0.286. The first-order chi connectivity index (χ1) is 19.9. The maximum absolute atomic E-state index is 13.1. The molecule has 0 radical (unpaired) electrons. The van der Waals surface area contributed by atoms with Gasteiger partial charge in [0.05, 0.1) is 23.0 Å². The summed E-state index contributed by atoms with van der Waals surface area (Å²) in [6, 6.07) is 21.6. The average molecular weight is 576 g/mol. The third-order valence-corrected chi connectivity index (χ3v) is 8.73. The van der Waals surface area contributed by atoms with E-state index in [4.69, 9.17) is 21.1 Å². The molecule has 4 unspecified atom stereocenters. The van der Waals surface area contributed by atoms with Gasteiger partial charge >= 0.3 is 6.09 Å². The van der Waals surface area contributed by atoms with Crippen LogP contribution in [0.2, 0.25) is 5.02 Å². The maximum atomic E-state index is 13.1. The molecule has 3 aliphatic rings. The first-order valence-electron chi connectivity index (χ1n) is 14.1. The molecule has 3 saturated heterocycles. The molecule has 8 nitrogen and oxygen atoms in total. The minimum absolute atomic E-state index is 0.110. The number of halogens is 1.